The van der Waals surface area contributed by atoms with Crippen LogP contribution in [-0.4, -0.2) is 25.1 Å². The van der Waals surface area contributed by atoms with E-state index in [4.69, 9.17) is 16.3 Å². The van der Waals surface area contributed by atoms with Gasteiger partial charge in [0.25, 0.3) is 5.91 Å². The Bertz CT molecular complexity index is 476. The second kappa shape index (κ2) is 5.36. The van der Waals surface area contributed by atoms with Crippen LogP contribution in [0.5, 0.6) is 5.75 Å². The molecule has 0 aromatic heterocycles. The van der Waals surface area contributed by atoms with Gasteiger partial charge in [0.2, 0.25) is 0 Å². The predicted octanol–water partition coefficient (Wildman–Crippen LogP) is 0.482. The molecule has 0 radical (unpaired) electrons. The lowest BCUT2D eigenvalue weighted by atomic mass is 10.0. The topological polar surface area (TPSA) is 93.6 Å². The molecule has 1 aliphatic heterocycles. The van der Waals surface area contributed by atoms with Crippen LogP contribution in [-0.2, 0) is 4.79 Å². The number of carbonyl (C=O) groups is 1. The van der Waals surface area contributed by atoms with Gasteiger partial charge in [-0.3, -0.25) is 10.2 Å². The van der Waals surface area contributed by atoms with Gasteiger partial charge in [0.15, 0.2) is 0 Å². The molecule has 1 amide bonds. The number of rotatable bonds is 3. The molecule has 0 fully saturated rings. The summed E-state index contributed by atoms with van der Waals surface area (Å²) in [7, 11) is 0. The number of benzene rings is 1. The van der Waals surface area contributed by atoms with Crippen molar-refractivity contribution >= 4 is 17.3 Å². The third-order valence-corrected chi connectivity index (χ3v) is 3.26. The van der Waals surface area contributed by atoms with Crippen molar-refractivity contribution in [1.29, 1.82) is 0 Å². The Hall–Kier alpha value is -1.95. The number of hydrogen-bond donors (Lipinski definition) is 3. The van der Waals surface area contributed by atoms with Crippen LogP contribution in [0.25, 0.3) is 0 Å². The van der Waals surface area contributed by atoms with Gasteiger partial charge in [-0.2, -0.15) is 0 Å². The average molecular weight is 264 g/mol. The summed E-state index contributed by atoms with van der Waals surface area (Å²) >= 11 is 0. The smallest absolute Gasteiger partial charge is 0.253 e. The zero-order valence-electron chi connectivity index (χ0n) is 11.2. The van der Waals surface area contributed by atoms with Gasteiger partial charge in [-0.05, 0) is 18.1 Å². The number of amides is 1. The first-order valence-electron chi connectivity index (χ1n) is 6.32. The molecule has 104 valence electrons. The van der Waals surface area contributed by atoms with Crippen molar-refractivity contribution in [3.63, 3.8) is 0 Å². The molecule has 19 heavy (non-hydrogen) atoms. The normalized spacial score (nSPS) is 17.9. The molecule has 0 spiro atoms. The largest absolute Gasteiger partial charge is 0.486 e. The summed E-state index contributed by atoms with van der Waals surface area (Å²) in [6.45, 7) is 4.96. The fraction of sp³-hybridized carbons (Fsp3) is 0.462. The lowest BCUT2D eigenvalue weighted by molar-refractivity contribution is -0.119. The van der Waals surface area contributed by atoms with Gasteiger partial charge in [-0.25, -0.2) is 5.84 Å². The van der Waals surface area contributed by atoms with E-state index >= 15 is 0 Å². The Morgan fingerprint density at radius 1 is 1.58 bits per heavy atom. The van der Waals surface area contributed by atoms with E-state index in [1.807, 2.05) is 17.0 Å². The Morgan fingerprint density at radius 3 is 2.95 bits per heavy atom. The predicted molar refractivity (Wildman–Crippen MR) is 74.7 cm³/mol. The van der Waals surface area contributed by atoms with Gasteiger partial charge in [0.1, 0.15) is 17.5 Å². The van der Waals surface area contributed by atoms with Crippen molar-refractivity contribution in [2.45, 2.75) is 20.0 Å². The number of para-hydroxylation sites is 1. The maximum absolute atomic E-state index is 11.5. The maximum atomic E-state index is 11.5. The van der Waals surface area contributed by atoms with E-state index in [1.54, 1.807) is 6.07 Å². The summed E-state index contributed by atoms with van der Waals surface area (Å²) in [4.78, 5) is 13.4. The second-order valence-corrected chi connectivity index (χ2v) is 5.04. The minimum Gasteiger partial charge on any atom is -0.486 e. The Kier molecular flexibility index (Phi) is 3.80. The molecule has 1 aromatic rings. The number of nitrogens with one attached hydrogen (secondary N) is 1. The van der Waals surface area contributed by atoms with E-state index < -0.39 is 0 Å². The van der Waals surface area contributed by atoms with Crippen LogP contribution >= 0.6 is 0 Å². The summed E-state index contributed by atoms with van der Waals surface area (Å²) < 4.78 is 5.94. The van der Waals surface area contributed by atoms with Gasteiger partial charge in [-0.1, -0.05) is 19.9 Å². The number of nitrogens with two attached hydrogens (primary N) is 2. The lowest BCUT2D eigenvalue weighted by Crippen LogP contribution is -2.48. The first-order chi connectivity index (χ1) is 9.02. The van der Waals surface area contributed by atoms with Gasteiger partial charge in [0, 0.05) is 0 Å². The summed E-state index contributed by atoms with van der Waals surface area (Å²) in [5, 5.41) is 0. The number of nitrogens with zero attached hydrogens (tertiary/aromatic N) is 1. The molecule has 0 bridgehead atoms. The van der Waals surface area contributed by atoms with Crippen LogP contribution < -0.4 is 26.6 Å². The quantitative estimate of drug-likeness (QED) is 0.319. The lowest BCUT2D eigenvalue weighted by Gasteiger charge is -2.38. The molecule has 1 aliphatic rings. The van der Waals surface area contributed by atoms with Crippen LogP contribution in [0.15, 0.2) is 18.2 Å². The Labute approximate surface area is 112 Å². The number of carbonyl (C=O) groups excluding carboxylic acids is 1. The van der Waals surface area contributed by atoms with Crippen molar-refractivity contribution in [3.8, 4) is 5.75 Å². The van der Waals surface area contributed by atoms with Crippen molar-refractivity contribution in [3.05, 3.63) is 18.2 Å². The minimum atomic E-state index is -0.251. The molecule has 1 unspecified atom stereocenters. The van der Waals surface area contributed by atoms with Gasteiger partial charge in [-0.15, -0.1) is 0 Å². The molecule has 6 nitrogen and oxygen atoms in total. The number of hydrogen-bond acceptors (Lipinski definition) is 5. The molecule has 2 rings (SSSR count). The second-order valence-electron chi connectivity index (χ2n) is 5.04. The van der Waals surface area contributed by atoms with Gasteiger partial charge < -0.3 is 15.4 Å². The Balaban J connectivity index is 2.34. The van der Waals surface area contributed by atoms with Crippen molar-refractivity contribution < 1.29 is 9.53 Å². The third kappa shape index (κ3) is 2.73. The van der Waals surface area contributed by atoms with Crippen LogP contribution in [0.1, 0.15) is 13.8 Å². The summed E-state index contributed by atoms with van der Waals surface area (Å²) in [5.74, 6) is 5.96. The molecule has 1 heterocycles. The number of fused-ring (bicyclic) bond motifs is 1. The highest BCUT2D eigenvalue weighted by molar-refractivity contribution is 5.85. The standard InChI is InChI=1S/C13H20N4O2/c1-8(2)11-6-17(7-12(18)16-15)13-9(14)4-3-5-10(13)19-11/h3-5,8,11H,6-7,14-15H2,1-2H3,(H,16,18). The minimum absolute atomic E-state index is 0.0277. The van der Waals surface area contributed by atoms with Crippen molar-refractivity contribution in [2.24, 2.45) is 11.8 Å². The molecule has 0 saturated carbocycles. The van der Waals surface area contributed by atoms with E-state index in [9.17, 15) is 4.79 Å². The van der Waals surface area contributed by atoms with E-state index in [2.05, 4.69) is 19.3 Å². The maximum Gasteiger partial charge on any atom is 0.253 e. The van der Waals surface area contributed by atoms with E-state index in [0.717, 1.165) is 11.4 Å². The SMILES string of the molecule is CC(C)C1CN(CC(=O)NN)c2c(N)cccc2O1. The molecule has 5 N–H and O–H groups in total. The fourth-order valence-electron chi connectivity index (χ4n) is 2.19. The van der Waals surface area contributed by atoms with E-state index in [-0.39, 0.29) is 18.6 Å². The molecular formula is C13H20N4O2. The van der Waals surface area contributed by atoms with Crippen LogP contribution in [0.4, 0.5) is 11.4 Å². The highest BCUT2D eigenvalue weighted by Crippen LogP contribution is 2.39. The average Bonchev–Trinajstić information content (AvgIpc) is 2.38. The van der Waals surface area contributed by atoms with Crippen molar-refractivity contribution in [2.75, 3.05) is 23.7 Å². The molecular weight excluding hydrogens is 244 g/mol. The van der Waals surface area contributed by atoms with Crippen LogP contribution in [0.2, 0.25) is 0 Å². The summed E-state index contributed by atoms with van der Waals surface area (Å²) in [5.41, 5.74) is 9.50. The van der Waals surface area contributed by atoms with E-state index in [1.165, 1.54) is 0 Å². The highest BCUT2D eigenvalue weighted by Gasteiger charge is 2.30. The number of hydrazine groups is 1. The molecule has 1 aromatic carbocycles. The number of nitrogen functional groups attached to an aromatic ring is 1. The van der Waals surface area contributed by atoms with Gasteiger partial charge >= 0.3 is 0 Å². The zero-order valence-corrected chi connectivity index (χ0v) is 11.2. The number of ether oxygens (including phenoxy) is 1. The third-order valence-electron chi connectivity index (χ3n) is 3.26. The molecule has 1 atom stereocenters. The molecule has 6 heteroatoms. The first kappa shape index (κ1) is 13.5. The van der Waals surface area contributed by atoms with E-state index in [0.29, 0.717) is 18.2 Å². The van der Waals surface area contributed by atoms with Crippen LogP contribution in [0, 0.1) is 5.92 Å². The van der Waals surface area contributed by atoms with Gasteiger partial charge in [0.05, 0.1) is 18.8 Å². The fourth-order valence-corrected chi connectivity index (χ4v) is 2.19. The monoisotopic (exact) mass is 264 g/mol. The van der Waals surface area contributed by atoms with Crippen molar-refractivity contribution in [1.82, 2.24) is 5.43 Å². The first-order valence-corrected chi connectivity index (χ1v) is 6.32. The number of anilines is 2. The Morgan fingerprint density at radius 2 is 2.32 bits per heavy atom. The molecule has 0 saturated heterocycles. The summed E-state index contributed by atoms with van der Waals surface area (Å²) in [6.07, 6.45) is 0.0277. The highest BCUT2D eigenvalue weighted by atomic mass is 16.5. The molecule has 0 aliphatic carbocycles. The summed E-state index contributed by atoms with van der Waals surface area (Å²) in [6, 6.07) is 5.51. The van der Waals surface area contributed by atoms with Crippen LogP contribution in [0.3, 0.4) is 0 Å². The zero-order chi connectivity index (χ0) is 14.0.